The fourth-order valence-corrected chi connectivity index (χ4v) is 2.88. The van der Waals surface area contributed by atoms with Crippen molar-refractivity contribution in [3.63, 3.8) is 0 Å². The number of hydrogen-bond acceptors (Lipinski definition) is 3. The largest absolute Gasteiger partial charge is 0.357 e. The normalized spacial score (nSPS) is 11.7. The predicted molar refractivity (Wildman–Crippen MR) is 106 cm³/mol. The molecule has 0 bridgehead atoms. The molecule has 136 valence electrons. The summed E-state index contributed by atoms with van der Waals surface area (Å²) in [5, 5.41) is 12.1. The SMILES string of the molecule is CCNC(=NCCCn1cccn1)NCCc1cccc2cccnc12. The van der Waals surface area contributed by atoms with E-state index in [0.29, 0.717) is 0 Å². The lowest BCUT2D eigenvalue weighted by atomic mass is 10.1. The zero-order valence-corrected chi connectivity index (χ0v) is 15.2. The Kier molecular flexibility index (Phi) is 6.59. The van der Waals surface area contributed by atoms with Gasteiger partial charge in [-0.2, -0.15) is 5.10 Å². The molecule has 0 aliphatic rings. The van der Waals surface area contributed by atoms with Crippen LogP contribution >= 0.6 is 0 Å². The van der Waals surface area contributed by atoms with Gasteiger partial charge in [0.1, 0.15) is 0 Å². The Balaban J connectivity index is 1.50. The Bertz CT molecular complexity index is 820. The van der Waals surface area contributed by atoms with E-state index in [-0.39, 0.29) is 0 Å². The molecule has 0 spiro atoms. The third kappa shape index (κ3) is 5.05. The van der Waals surface area contributed by atoms with E-state index in [1.807, 2.05) is 29.2 Å². The van der Waals surface area contributed by atoms with Crippen LogP contribution in [0, 0.1) is 0 Å². The van der Waals surface area contributed by atoms with Crippen molar-refractivity contribution >= 4 is 16.9 Å². The van der Waals surface area contributed by atoms with Crippen LogP contribution < -0.4 is 10.6 Å². The summed E-state index contributed by atoms with van der Waals surface area (Å²) >= 11 is 0. The fourth-order valence-electron chi connectivity index (χ4n) is 2.88. The quantitative estimate of drug-likeness (QED) is 0.372. The molecular weight excluding hydrogens is 324 g/mol. The van der Waals surface area contributed by atoms with E-state index in [9.17, 15) is 0 Å². The number of rotatable bonds is 8. The Labute approximate surface area is 154 Å². The summed E-state index contributed by atoms with van der Waals surface area (Å²) < 4.78 is 1.93. The first-order chi connectivity index (χ1) is 12.9. The lowest BCUT2D eigenvalue weighted by Crippen LogP contribution is -2.38. The van der Waals surface area contributed by atoms with Crippen molar-refractivity contribution < 1.29 is 0 Å². The number of aromatic nitrogens is 3. The summed E-state index contributed by atoms with van der Waals surface area (Å²) in [6, 6.07) is 12.4. The van der Waals surface area contributed by atoms with E-state index in [1.54, 1.807) is 6.20 Å². The number of fused-ring (bicyclic) bond motifs is 1. The summed E-state index contributed by atoms with van der Waals surface area (Å²) in [7, 11) is 0. The lowest BCUT2D eigenvalue weighted by molar-refractivity contribution is 0.584. The lowest BCUT2D eigenvalue weighted by Gasteiger charge is -2.12. The van der Waals surface area contributed by atoms with Crippen LogP contribution in [0.2, 0.25) is 0 Å². The summed E-state index contributed by atoms with van der Waals surface area (Å²) in [5.74, 6) is 0.862. The smallest absolute Gasteiger partial charge is 0.191 e. The molecule has 0 unspecified atom stereocenters. The van der Waals surface area contributed by atoms with Crippen molar-refractivity contribution in [3.05, 3.63) is 60.6 Å². The molecule has 2 heterocycles. The number of pyridine rings is 1. The van der Waals surface area contributed by atoms with Crippen LogP contribution in [0.1, 0.15) is 18.9 Å². The van der Waals surface area contributed by atoms with E-state index >= 15 is 0 Å². The maximum Gasteiger partial charge on any atom is 0.191 e. The minimum absolute atomic E-state index is 0.769. The number of para-hydroxylation sites is 1. The van der Waals surface area contributed by atoms with Gasteiger partial charge in [0, 0.05) is 50.2 Å². The van der Waals surface area contributed by atoms with Gasteiger partial charge >= 0.3 is 0 Å². The van der Waals surface area contributed by atoms with E-state index in [1.165, 1.54) is 10.9 Å². The molecule has 2 N–H and O–H groups in total. The topological polar surface area (TPSA) is 67.1 Å². The first-order valence-corrected chi connectivity index (χ1v) is 9.19. The fraction of sp³-hybridized carbons (Fsp3) is 0.350. The van der Waals surface area contributed by atoms with E-state index in [2.05, 4.69) is 56.9 Å². The number of nitrogens with one attached hydrogen (secondary N) is 2. The summed E-state index contributed by atoms with van der Waals surface area (Å²) in [6.45, 7) is 5.40. The van der Waals surface area contributed by atoms with Crippen LogP contribution in [0.25, 0.3) is 10.9 Å². The maximum absolute atomic E-state index is 4.64. The first kappa shape index (κ1) is 17.9. The molecule has 3 aromatic rings. The van der Waals surface area contributed by atoms with E-state index in [4.69, 9.17) is 0 Å². The van der Waals surface area contributed by atoms with Crippen LogP contribution in [-0.4, -0.2) is 40.4 Å². The van der Waals surface area contributed by atoms with Gasteiger partial charge in [0.15, 0.2) is 5.96 Å². The Morgan fingerprint density at radius 3 is 2.88 bits per heavy atom. The highest BCUT2D eigenvalue weighted by Gasteiger charge is 2.03. The van der Waals surface area contributed by atoms with Gasteiger partial charge in [0.2, 0.25) is 0 Å². The van der Waals surface area contributed by atoms with Gasteiger partial charge in [-0.05, 0) is 37.5 Å². The number of aliphatic imine (C=N–C) groups is 1. The third-order valence-corrected chi connectivity index (χ3v) is 4.12. The maximum atomic E-state index is 4.64. The standard InChI is InChI=1S/C20H26N6/c1-2-21-20(23-12-5-15-26-16-6-13-25-26)24-14-10-18-8-3-7-17-9-4-11-22-19(17)18/h3-4,6-9,11,13,16H,2,5,10,12,14-15H2,1H3,(H2,21,23,24). The molecule has 26 heavy (non-hydrogen) atoms. The van der Waals surface area contributed by atoms with Gasteiger partial charge in [-0.15, -0.1) is 0 Å². The van der Waals surface area contributed by atoms with E-state index < -0.39 is 0 Å². The zero-order chi connectivity index (χ0) is 18.0. The Morgan fingerprint density at radius 1 is 1.12 bits per heavy atom. The third-order valence-electron chi connectivity index (χ3n) is 4.12. The highest BCUT2D eigenvalue weighted by molar-refractivity contribution is 5.82. The van der Waals surface area contributed by atoms with Crippen LogP contribution in [0.4, 0.5) is 0 Å². The van der Waals surface area contributed by atoms with Gasteiger partial charge in [0.05, 0.1) is 5.52 Å². The molecule has 3 rings (SSSR count). The van der Waals surface area contributed by atoms with Gasteiger partial charge < -0.3 is 10.6 Å². The van der Waals surface area contributed by atoms with Crippen molar-refractivity contribution in [3.8, 4) is 0 Å². The van der Waals surface area contributed by atoms with Crippen molar-refractivity contribution in [2.45, 2.75) is 26.3 Å². The average molecular weight is 350 g/mol. The highest BCUT2D eigenvalue weighted by atomic mass is 15.3. The summed E-state index contributed by atoms with van der Waals surface area (Å²) in [4.78, 5) is 9.16. The molecule has 0 saturated carbocycles. The van der Waals surface area contributed by atoms with Crippen LogP contribution in [0.3, 0.4) is 0 Å². The monoisotopic (exact) mass is 350 g/mol. The number of benzene rings is 1. The molecule has 0 amide bonds. The van der Waals surface area contributed by atoms with Gasteiger partial charge in [-0.3, -0.25) is 14.7 Å². The second-order valence-corrected chi connectivity index (χ2v) is 6.05. The molecule has 0 atom stereocenters. The molecule has 0 aliphatic carbocycles. The highest BCUT2D eigenvalue weighted by Crippen LogP contribution is 2.15. The molecule has 6 nitrogen and oxygen atoms in total. The Hall–Kier alpha value is -2.89. The van der Waals surface area contributed by atoms with Crippen LogP contribution in [-0.2, 0) is 13.0 Å². The molecule has 0 fully saturated rings. The van der Waals surface area contributed by atoms with Crippen molar-refractivity contribution in [2.75, 3.05) is 19.6 Å². The first-order valence-electron chi connectivity index (χ1n) is 9.19. The van der Waals surface area contributed by atoms with Crippen LogP contribution in [0.15, 0.2) is 60.0 Å². The molecule has 0 radical (unpaired) electrons. The second kappa shape index (κ2) is 9.56. The molecule has 0 saturated heterocycles. The van der Waals surface area contributed by atoms with Crippen molar-refractivity contribution in [1.82, 2.24) is 25.4 Å². The van der Waals surface area contributed by atoms with Gasteiger partial charge in [-0.1, -0.05) is 24.3 Å². The number of hydrogen-bond donors (Lipinski definition) is 2. The number of nitrogens with zero attached hydrogens (tertiary/aromatic N) is 4. The second-order valence-electron chi connectivity index (χ2n) is 6.05. The van der Waals surface area contributed by atoms with Crippen LogP contribution in [0.5, 0.6) is 0 Å². The summed E-state index contributed by atoms with van der Waals surface area (Å²) in [6.07, 6.45) is 7.50. The number of guanidine groups is 1. The average Bonchev–Trinajstić information content (AvgIpc) is 3.19. The molecule has 2 aromatic heterocycles. The van der Waals surface area contributed by atoms with Gasteiger partial charge in [-0.25, -0.2) is 0 Å². The van der Waals surface area contributed by atoms with Crippen molar-refractivity contribution in [2.24, 2.45) is 4.99 Å². The molecule has 6 heteroatoms. The minimum atomic E-state index is 0.769. The van der Waals surface area contributed by atoms with E-state index in [0.717, 1.165) is 50.5 Å². The summed E-state index contributed by atoms with van der Waals surface area (Å²) in [5.41, 5.74) is 2.34. The minimum Gasteiger partial charge on any atom is -0.357 e. The molecule has 0 aliphatic heterocycles. The zero-order valence-electron chi connectivity index (χ0n) is 15.2. The number of aryl methyl sites for hydroxylation is 1. The Morgan fingerprint density at radius 2 is 2.04 bits per heavy atom. The molecular formula is C20H26N6. The predicted octanol–water partition coefficient (Wildman–Crippen LogP) is 2.62. The van der Waals surface area contributed by atoms with Crippen molar-refractivity contribution in [1.29, 1.82) is 0 Å². The van der Waals surface area contributed by atoms with Gasteiger partial charge in [0.25, 0.3) is 0 Å². The molecule has 1 aromatic carbocycles.